The van der Waals surface area contributed by atoms with E-state index >= 15 is 0 Å². The van der Waals surface area contributed by atoms with Gasteiger partial charge in [0.15, 0.2) is 6.23 Å². The molecule has 0 unspecified atom stereocenters. The van der Waals surface area contributed by atoms with Crippen LogP contribution in [0.4, 0.5) is 0 Å². The van der Waals surface area contributed by atoms with E-state index in [0.717, 1.165) is 21.0 Å². The Bertz CT molecular complexity index is 1180. The van der Waals surface area contributed by atoms with Crippen molar-refractivity contribution >= 4 is 18.7 Å². The molecule has 8 nitrogen and oxygen atoms in total. The summed E-state index contributed by atoms with van der Waals surface area (Å²) in [5, 5.41) is 23.3. The minimum atomic E-state index is -2.88. The average molecular weight is 483 g/mol. The lowest BCUT2D eigenvalue weighted by Crippen LogP contribution is -2.67. The summed E-state index contributed by atoms with van der Waals surface area (Å²) in [5.41, 5.74) is -1.28. The van der Waals surface area contributed by atoms with Gasteiger partial charge >= 0.3 is 5.69 Å². The lowest BCUT2D eigenvalue weighted by atomic mass is 10.1. The number of H-pyrrole nitrogens is 1. The summed E-state index contributed by atoms with van der Waals surface area (Å²) >= 11 is 0. The van der Waals surface area contributed by atoms with Gasteiger partial charge in [-0.15, -0.1) is 0 Å². The van der Waals surface area contributed by atoms with Crippen LogP contribution in [0.1, 0.15) is 27.0 Å². The van der Waals surface area contributed by atoms with Gasteiger partial charge in [0.2, 0.25) is 0 Å². The molecular weight excluding hydrogens is 452 g/mol. The summed E-state index contributed by atoms with van der Waals surface area (Å²) in [7, 11) is -2.88. The number of aromatic amines is 1. The zero-order valence-corrected chi connectivity index (χ0v) is 20.4. The number of hydrogen-bond acceptors (Lipinski definition) is 6. The zero-order valence-electron chi connectivity index (χ0n) is 19.4. The van der Waals surface area contributed by atoms with Gasteiger partial charge in [-0.05, 0) is 15.4 Å². The number of aliphatic hydroxyl groups excluding tert-OH is 2. The molecular formula is C25H30N2O6Si. The maximum absolute atomic E-state index is 12.2. The zero-order chi connectivity index (χ0) is 24.5. The van der Waals surface area contributed by atoms with Crippen LogP contribution >= 0.6 is 0 Å². The minimum absolute atomic E-state index is 0.0140. The molecule has 1 aromatic heterocycles. The van der Waals surface area contributed by atoms with E-state index in [1.165, 1.54) is 6.20 Å². The molecule has 0 radical (unpaired) electrons. The second kappa shape index (κ2) is 9.44. The van der Waals surface area contributed by atoms with E-state index in [2.05, 4.69) is 50.0 Å². The Balaban J connectivity index is 1.68. The van der Waals surface area contributed by atoms with E-state index in [0.29, 0.717) is 0 Å². The predicted molar refractivity (Wildman–Crippen MR) is 131 cm³/mol. The van der Waals surface area contributed by atoms with Crippen molar-refractivity contribution in [3.05, 3.63) is 93.8 Å². The van der Waals surface area contributed by atoms with Gasteiger partial charge in [-0.3, -0.25) is 14.3 Å². The number of rotatable bonds is 6. The number of hydrogen-bond donors (Lipinski definition) is 3. The van der Waals surface area contributed by atoms with E-state index in [-0.39, 0.29) is 11.6 Å². The molecule has 1 aliphatic heterocycles. The summed E-state index contributed by atoms with van der Waals surface area (Å²) in [5.74, 6) is 0. The number of aliphatic hydroxyl groups is 2. The van der Waals surface area contributed by atoms with Crippen LogP contribution in [0, 0.1) is 0 Å². The highest BCUT2D eigenvalue weighted by Gasteiger charge is 2.52. The average Bonchev–Trinajstić information content (AvgIpc) is 3.08. The first kappa shape index (κ1) is 24.3. The molecule has 2 heterocycles. The molecule has 180 valence electrons. The third-order valence-corrected chi connectivity index (χ3v) is 11.3. The molecule has 0 bridgehead atoms. The molecule has 1 saturated heterocycles. The van der Waals surface area contributed by atoms with Crippen molar-refractivity contribution in [1.82, 2.24) is 9.55 Å². The first-order valence-corrected chi connectivity index (χ1v) is 13.1. The summed E-state index contributed by atoms with van der Waals surface area (Å²) in [6.45, 7) is 6.44. The van der Waals surface area contributed by atoms with Gasteiger partial charge in [0.05, 0.1) is 6.61 Å². The Morgan fingerprint density at radius 2 is 1.50 bits per heavy atom. The number of nitrogens with one attached hydrogen (secondary N) is 1. The highest BCUT2D eigenvalue weighted by Crippen LogP contribution is 2.38. The largest absolute Gasteiger partial charge is 0.405 e. The molecule has 2 aromatic carbocycles. The van der Waals surface area contributed by atoms with Gasteiger partial charge in [-0.25, -0.2) is 4.79 Å². The van der Waals surface area contributed by atoms with Crippen LogP contribution in [0.3, 0.4) is 0 Å². The quantitative estimate of drug-likeness (QED) is 0.447. The van der Waals surface area contributed by atoms with Gasteiger partial charge in [0, 0.05) is 12.3 Å². The lowest BCUT2D eigenvalue weighted by Gasteiger charge is -2.43. The van der Waals surface area contributed by atoms with Crippen LogP contribution < -0.4 is 21.6 Å². The van der Waals surface area contributed by atoms with Gasteiger partial charge in [-0.2, -0.15) is 0 Å². The van der Waals surface area contributed by atoms with Crippen molar-refractivity contribution in [2.45, 2.75) is 50.3 Å². The fourth-order valence-corrected chi connectivity index (χ4v) is 9.26. The molecule has 0 amide bonds. The second-order valence-corrected chi connectivity index (χ2v) is 13.8. The van der Waals surface area contributed by atoms with Crippen molar-refractivity contribution < 1.29 is 19.4 Å². The van der Waals surface area contributed by atoms with Crippen molar-refractivity contribution in [2.24, 2.45) is 0 Å². The Hall–Kier alpha value is -2.82. The second-order valence-electron chi connectivity index (χ2n) is 9.54. The van der Waals surface area contributed by atoms with Gasteiger partial charge in [-0.1, -0.05) is 81.4 Å². The Labute approximate surface area is 198 Å². The van der Waals surface area contributed by atoms with Crippen LogP contribution in [0.15, 0.2) is 82.5 Å². The highest BCUT2D eigenvalue weighted by molar-refractivity contribution is 6.99. The fraction of sp³-hybridized carbons (Fsp3) is 0.360. The van der Waals surface area contributed by atoms with Crippen molar-refractivity contribution in [2.75, 3.05) is 6.61 Å². The van der Waals surface area contributed by atoms with E-state index in [1.54, 1.807) is 0 Å². The van der Waals surface area contributed by atoms with Crippen molar-refractivity contribution in [3.63, 3.8) is 0 Å². The molecule has 3 aromatic rings. The smallest absolute Gasteiger partial charge is 0.330 e. The molecule has 4 atom stereocenters. The first-order chi connectivity index (χ1) is 16.1. The molecule has 3 N–H and O–H groups in total. The molecule has 4 rings (SSSR count). The van der Waals surface area contributed by atoms with Crippen molar-refractivity contribution in [3.8, 4) is 0 Å². The molecule has 9 heteroatoms. The normalized spacial score (nSPS) is 23.2. The number of aromatic nitrogens is 2. The lowest BCUT2D eigenvalue weighted by molar-refractivity contribution is -0.0527. The third-order valence-electron chi connectivity index (χ3n) is 6.34. The first-order valence-electron chi connectivity index (χ1n) is 11.2. The predicted octanol–water partition coefficient (Wildman–Crippen LogP) is 0.732. The summed E-state index contributed by atoms with van der Waals surface area (Å²) in [6, 6.07) is 21.3. The van der Waals surface area contributed by atoms with E-state index < -0.39 is 44.1 Å². The Morgan fingerprint density at radius 1 is 0.941 bits per heavy atom. The van der Waals surface area contributed by atoms with Gasteiger partial charge < -0.3 is 19.4 Å². The number of benzene rings is 2. The molecule has 1 fully saturated rings. The minimum Gasteiger partial charge on any atom is -0.405 e. The Kier molecular flexibility index (Phi) is 6.75. The molecule has 34 heavy (non-hydrogen) atoms. The number of nitrogens with zero attached hydrogens (tertiary/aromatic N) is 1. The monoisotopic (exact) mass is 482 g/mol. The third kappa shape index (κ3) is 4.33. The Morgan fingerprint density at radius 3 is 2.00 bits per heavy atom. The van der Waals surface area contributed by atoms with Gasteiger partial charge in [0.1, 0.15) is 18.3 Å². The standard InChI is InChI=1S/C25H30N2O6Si/c1-25(2,3)34(17-10-6-4-7-11-17,18-12-8-5-9-13-18)32-16-19-21(29)22(30)23(33-19)27-15-14-20(28)26-24(27)31/h4-15,19,21-23,29-30H,16H2,1-3H3,(H,26,28,31)/t19-,21-,22-,23-/m1/s1. The molecule has 1 aliphatic rings. The number of ether oxygens (including phenoxy) is 1. The van der Waals surface area contributed by atoms with E-state index in [4.69, 9.17) is 9.16 Å². The van der Waals surface area contributed by atoms with Gasteiger partial charge in [0.25, 0.3) is 13.9 Å². The molecule has 0 saturated carbocycles. The fourth-order valence-electron chi connectivity index (χ4n) is 4.69. The SMILES string of the molecule is CC(C)(C)[Si](OC[C@H]1O[C@@H](n2ccc(=O)[nH]c2=O)[C@H](O)[C@@H]1O)(c1ccccc1)c1ccccc1. The van der Waals surface area contributed by atoms with Crippen LogP contribution in [0.5, 0.6) is 0 Å². The summed E-state index contributed by atoms with van der Waals surface area (Å²) in [4.78, 5) is 25.8. The van der Waals surface area contributed by atoms with E-state index in [1.807, 2.05) is 36.4 Å². The van der Waals surface area contributed by atoms with Crippen LogP contribution in [0.2, 0.25) is 5.04 Å². The van der Waals surface area contributed by atoms with Crippen molar-refractivity contribution in [1.29, 1.82) is 0 Å². The maximum Gasteiger partial charge on any atom is 0.330 e. The van der Waals surface area contributed by atoms with Crippen LogP contribution in [-0.2, 0) is 9.16 Å². The summed E-state index contributed by atoms with van der Waals surface area (Å²) < 4.78 is 13.8. The maximum atomic E-state index is 12.2. The van der Waals surface area contributed by atoms with Crippen LogP contribution in [-0.4, -0.2) is 53.0 Å². The molecule has 0 aliphatic carbocycles. The van der Waals surface area contributed by atoms with Crippen LogP contribution in [0.25, 0.3) is 0 Å². The molecule has 0 spiro atoms. The highest BCUT2D eigenvalue weighted by atomic mass is 28.4. The summed E-state index contributed by atoms with van der Waals surface area (Å²) in [6.07, 6.45) is -3.42. The van der Waals surface area contributed by atoms with E-state index in [9.17, 15) is 19.8 Å². The topological polar surface area (TPSA) is 114 Å².